The van der Waals surface area contributed by atoms with Gasteiger partial charge in [0.05, 0.1) is 5.69 Å². The van der Waals surface area contributed by atoms with Gasteiger partial charge in [0.25, 0.3) is 0 Å². The molecule has 0 amide bonds. The van der Waals surface area contributed by atoms with Crippen LogP contribution in [0.2, 0.25) is 0 Å². The van der Waals surface area contributed by atoms with E-state index >= 15 is 0 Å². The lowest BCUT2D eigenvalue weighted by molar-refractivity contribution is 0.421. The Morgan fingerprint density at radius 1 is 1.47 bits per heavy atom. The Morgan fingerprint density at radius 3 is 2.95 bits per heavy atom. The lowest BCUT2D eigenvalue weighted by Gasteiger charge is -2.32. The van der Waals surface area contributed by atoms with Crippen LogP contribution in [0, 0.1) is 0 Å². The highest BCUT2D eigenvalue weighted by Gasteiger charge is 2.17. The van der Waals surface area contributed by atoms with Gasteiger partial charge in [-0.2, -0.15) is 11.8 Å². The van der Waals surface area contributed by atoms with Crippen LogP contribution in [0.5, 0.6) is 0 Å². The van der Waals surface area contributed by atoms with Crippen LogP contribution in [0.1, 0.15) is 33.4 Å². The van der Waals surface area contributed by atoms with E-state index < -0.39 is 0 Å². The van der Waals surface area contributed by atoms with Crippen LogP contribution in [-0.2, 0) is 6.54 Å². The molecular formula is C15H25N3S. The first kappa shape index (κ1) is 14.7. The Morgan fingerprint density at radius 2 is 2.26 bits per heavy atom. The van der Waals surface area contributed by atoms with Gasteiger partial charge in [0.1, 0.15) is 0 Å². The van der Waals surface area contributed by atoms with Crippen molar-refractivity contribution in [1.82, 2.24) is 10.3 Å². The average Bonchev–Trinajstić information content (AvgIpc) is 2.36. The van der Waals surface area contributed by atoms with Crippen molar-refractivity contribution in [1.29, 1.82) is 0 Å². The first-order chi connectivity index (χ1) is 8.94. The Hall–Kier alpha value is -0.740. The Bertz CT molecular complexity index is 414. The number of pyridine rings is 1. The molecule has 2 rings (SSSR count). The molecule has 0 bridgehead atoms. The van der Waals surface area contributed by atoms with Gasteiger partial charge in [-0.1, -0.05) is 6.92 Å². The van der Waals surface area contributed by atoms with Gasteiger partial charge >= 0.3 is 0 Å². The van der Waals surface area contributed by atoms with Gasteiger partial charge in [0.2, 0.25) is 0 Å². The summed E-state index contributed by atoms with van der Waals surface area (Å²) >= 11 is 2.06. The first-order valence-electron chi connectivity index (χ1n) is 7.00. The minimum absolute atomic E-state index is 0.133. The van der Waals surface area contributed by atoms with Gasteiger partial charge in [0.15, 0.2) is 0 Å². The Kier molecular flexibility index (Phi) is 4.74. The standard InChI is InChI=1S/C15H25N3S/c1-12-11-18(7-8-19-12)14-5-6-16-13(9-14)10-17-15(2,3)4/h5-6,9,12,17H,7-8,10-11H2,1-4H3. The summed E-state index contributed by atoms with van der Waals surface area (Å²) in [7, 11) is 0. The summed E-state index contributed by atoms with van der Waals surface area (Å²) in [5.41, 5.74) is 2.57. The van der Waals surface area contributed by atoms with Crippen molar-refractivity contribution >= 4 is 17.4 Å². The van der Waals surface area contributed by atoms with E-state index in [4.69, 9.17) is 0 Å². The minimum Gasteiger partial charge on any atom is -0.370 e. The van der Waals surface area contributed by atoms with Crippen LogP contribution in [0.25, 0.3) is 0 Å². The molecule has 1 fully saturated rings. The van der Waals surface area contributed by atoms with Crippen LogP contribution >= 0.6 is 11.8 Å². The Balaban J connectivity index is 2.02. The second-order valence-electron chi connectivity index (χ2n) is 6.24. The van der Waals surface area contributed by atoms with Gasteiger partial charge in [-0.3, -0.25) is 4.98 Å². The number of nitrogens with one attached hydrogen (secondary N) is 1. The molecule has 1 saturated heterocycles. The average molecular weight is 279 g/mol. The molecule has 106 valence electrons. The third-order valence-electron chi connectivity index (χ3n) is 3.21. The van der Waals surface area contributed by atoms with Crippen molar-refractivity contribution in [2.75, 3.05) is 23.7 Å². The molecule has 0 aliphatic carbocycles. The van der Waals surface area contributed by atoms with Crippen molar-refractivity contribution < 1.29 is 0 Å². The highest BCUT2D eigenvalue weighted by Crippen LogP contribution is 2.23. The third kappa shape index (κ3) is 4.69. The molecule has 1 atom stereocenters. The summed E-state index contributed by atoms with van der Waals surface area (Å²) in [6.45, 7) is 12.0. The largest absolute Gasteiger partial charge is 0.370 e. The van der Waals surface area contributed by atoms with Crippen molar-refractivity contribution in [3.63, 3.8) is 0 Å². The van der Waals surface area contributed by atoms with Gasteiger partial charge in [0, 0.05) is 48.1 Å². The number of thioether (sulfide) groups is 1. The topological polar surface area (TPSA) is 28.2 Å². The zero-order valence-electron chi connectivity index (χ0n) is 12.4. The second-order valence-corrected chi connectivity index (χ2v) is 7.78. The number of rotatable bonds is 3. The molecular weight excluding hydrogens is 254 g/mol. The fourth-order valence-corrected chi connectivity index (χ4v) is 3.18. The molecule has 1 N–H and O–H groups in total. The Labute approximate surface area is 121 Å². The third-order valence-corrected chi connectivity index (χ3v) is 4.34. The normalized spacial score (nSPS) is 20.6. The van der Waals surface area contributed by atoms with E-state index in [0.717, 1.165) is 30.6 Å². The fourth-order valence-electron chi connectivity index (χ4n) is 2.17. The van der Waals surface area contributed by atoms with Gasteiger partial charge < -0.3 is 10.2 Å². The lowest BCUT2D eigenvalue weighted by atomic mass is 10.1. The summed E-state index contributed by atoms with van der Waals surface area (Å²) in [5, 5.41) is 4.21. The molecule has 1 unspecified atom stereocenters. The summed E-state index contributed by atoms with van der Waals surface area (Å²) in [4.78, 5) is 6.94. The number of nitrogens with zero attached hydrogens (tertiary/aromatic N) is 2. The highest BCUT2D eigenvalue weighted by molar-refractivity contribution is 8.00. The summed E-state index contributed by atoms with van der Waals surface area (Å²) < 4.78 is 0. The predicted molar refractivity (Wildman–Crippen MR) is 85.0 cm³/mol. The quantitative estimate of drug-likeness (QED) is 0.921. The SMILES string of the molecule is CC1CN(c2ccnc(CNC(C)(C)C)c2)CCS1. The maximum atomic E-state index is 4.46. The maximum absolute atomic E-state index is 4.46. The van der Waals surface area contributed by atoms with Crippen molar-refractivity contribution in [2.24, 2.45) is 0 Å². The highest BCUT2D eigenvalue weighted by atomic mass is 32.2. The van der Waals surface area contributed by atoms with Crippen LogP contribution in [-0.4, -0.2) is 34.6 Å². The summed E-state index contributed by atoms with van der Waals surface area (Å²) in [6.07, 6.45) is 1.93. The molecule has 1 aromatic heterocycles. The molecule has 2 heterocycles. The molecule has 4 heteroatoms. The van der Waals surface area contributed by atoms with Crippen molar-refractivity contribution in [2.45, 2.75) is 45.0 Å². The van der Waals surface area contributed by atoms with E-state index in [2.05, 4.69) is 66.8 Å². The smallest absolute Gasteiger partial charge is 0.0562 e. The van der Waals surface area contributed by atoms with E-state index in [9.17, 15) is 0 Å². The zero-order valence-corrected chi connectivity index (χ0v) is 13.3. The molecule has 1 aromatic rings. The van der Waals surface area contributed by atoms with E-state index in [0.29, 0.717) is 0 Å². The molecule has 0 radical (unpaired) electrons. The molecule has 3 nitrogen and oxygen atoms in total. The zero-order chi connectivity index (χ0) is 13.9. The van der Waals surface area contributed by atoms with Gasteiger partial charge in [-0.05, 0) is 32.9 Å². The minimum atomic E-state index is 0.133. The number of hydrogen-bond donors (Lipinski definition) is 1. The van der Waals surface area contributed by atoms with Crippen molar-refractivity contribution in [3.05, 3.63) is 24.0 Å². The molecule has 19 heavy (non-hydrogen) atoms. The van der Waals surface area contributed by atoms with Crippen LogP contribution in [0.15, 0.2) is 18.3 Å². The van der Waals surface area contributed by atoms with Crippen molar-refractivity contribution in [3.8, 4) is 0 Å². The second kappa shape index (κ2) is 6.14. The van der Waals surface area contributed by atoms with E-state index in [1.54, 1.807) is 0 Å². The molecule has 1 aliphatic rings. The predicted octanol–water partition coefficient (Wildman–Crippen LogP) is 2.91. The fraction of sp³-hybridized carbons (Fsp3) is 0.667. The van der Waals surface area contributed by atoms with E-state index in [1.165, 1.54) is 11.4 Å². The molecule has 0 aromatic carbocycles. The number of hydrogen-bond acceptors (Lipinski definition) is 4. The molecule has 1 aliphatic heterocycles. The summed E-state index contributed by atoms with van der Waals surface area (Å²) in [5.74, 6) is 1.22. The van der Waals surface area contributed by atoms with E-state index in [-0.39, 0.29) is 5.54 Å². The summed E-state index contributed by atoms with van der Waals surface area (Å²) in [6, 6.07) is 4.35. The van der Waals surface area contributed by atoms with Gasteiger partial charge in [-0.25, -0.2) is 0 Å². The van der Waals surface area contributed by atoms with Gasteiger partial charge in [-0.15, -0.1) is 0 Å². The number of anilines is 1. The van der Waals surface area contributed by atoms with Crippen LogP contribution in [0.3, 0.4) is 0 Å². The molecule has 0 saturated carbocycles. The van der Waals surface area contributed by atoms with Crippen LogP contribution < -0.4 is 10.2 Å². The number of aromatic nitrogens is 1. The van der Waals surface area contributed by atoms with E-state index in [1.807, 2.05) is 6.20 Å². The first-order valence-corrected chi connectivity index (χ1v) is 8.05. The molecule has 0 spiro atoms. The monoisotopic (exact) mass is 279 g/mol. The maximum Gasteiger partial charge on any atom is 0.0562 e. The lowest BCUT2D eigenvalue weighted by Crippen LogP contribution is -2.37. The van der Waals surface area contributed by atoms with Crippen LogP contribution in [0.4, 0.5) is 5.69 Å².